The Morgan fingerprint density at radius 3 is 2.57 bits per heavy atom. The third-order valence-corrected chi connectivity index (χ3v) is 4.50. The van der Waals surface area contributed by atoms with Crippen LogP contribution >= 0.6 is 11.8 Å². The van der Waals surface area contributed by atoms with Crippen molar-refractivity contribution in [1.82, 2.24) is 5.32 Å². The molecule has 2 aromatic carbocycles. The fourth-order valence-corrected chi connectivity index (χ4v) is 2.93. The molecule has 23 heavy (non-hydrogen) atoms. The van der Waals surface area contributed by atoms with E-state index in [0.29, 0.717) is 6.54 Å². The van der Waals surface area contributed by atoms with Crippen molar-refractivity contribution in [2.45, 2.75) is 17.9 Å². The number of carbonyl (C=O) groups excluding carboxylic acids is 1. The van der Waals surface area contributed by atoms with Crippen LogP contribution in [0.5, 0.6) is 0 Å². The van der Waals surface area contributed by atoms with Crippen molar-refractivity contribution in [3.8, 4) is 0 Å². The minimum atomic E-state index is -0.278. The molecule has 0 aliphatic rings. The van der Waals surface area contributed by atoms with Crippen LogP contribution in [0, 0.1) is 12.7 Å². The normalized spacial score (nSPS) is 12.0. The van der Waals surface area contributed by atoms with Gasteiger partial charge < -0.3 is 10.1 Å². The van der Waals surface area contributed by atoms with Crippen molar-refractivity contribution in [3.63, 3.8) is 0 Å². The van der Waals surface area contributed by atoms with Gasteiger partial charge in [-0.25, -0.2) is 4.39 Å². The quantitative estimate of drug-likeness (QED) is 0.785. The van der Waals surface area contributed by atoms with E-state index < -0.39 is 0 Å². The Balaban J connectivity index is 1.83. The van der Waals surface area contributed by atoms with Gasteiger partial charge in [0.2, 0.25) is 5.91 Å². The smallest absolute Gasteiger partial charge is 0.230 e. The van der Waals surface area contributed by atoms with Gasteiger partial charge in [-0.2, -0.15) is 0 Å². The summed E-state index contributed by atoms with van der Waals surface area (Å²) in [6, 6.07) is 14.1. The second-order valence-corrected chi connectivity index (χ2v) is 6.18. The predicted molar refractivity (Wildman–Crippen MR) is 91.1 cm³/mol. The molecule has 3 nitrogen and oxygen atoms in total. The highest BCUT2D eigenvalue weighted by Gasteiger charge is 2.14. The van der Waals surface area contributed by atoms with Crippen LogP contribution in [0.15, 0.2) is 53.4 Å². The summed E-state index contributed by atoms with van der Waals surface area (Å²) >= 11 is 1.38. The highest BCUT2D eigenvalue weighted by atomic mass is 32.2. The number of hydrogen-bond acceptors (Lipinski definition) is 3. The summed E-state index contributed by atoms with van der Waals surface area (Å²) < 4.78 is 18.3. The summed E-state index contributed by atoms with van der Waals surface area (Å²) in [4.78, 5) is 12.8. The lowest BCUT2D eigenvalue weighted by Gasteiger charge is -2.18. The number of hydrogen-bond donors (Lipinski definition) is 1. The Morgan fingerprint density at radius 2 is 1.91 bits per heavy atom. The molecule has 0 radical (unpaired) electrons. The predicted octanol–water partition coefficient (Wildman–Crippen LogP) is 3.73. The van der Waals surface area contributed by atoms with Crippen LogP contribution < -0.4 is 5.32 Å². The molecule has 0 saturated heterocycles. The molecule has 0 fully saturated rings. The maximum absolute atomic E-state index is 12.8. The second-order valence-electron chi connectivity index (χ2n) is 5.13. The third-order valence-electron chi connectivity index (χ3n) is 3.49. The van der Waals surface area contributed by atoms with Gasteiger partial charge in [0.25, 0.3) is 0 Å². The van der Waals surface area contributed by atoms with E-state index in [0.717, 1.165) is 16.0 Å². The van der Waals surface area contributed by atoms with Gasteiger partial charge >= 0.3 is 0 Å². The summed E-state index contributed by atoms with van der Waals surface area (Å²) in [5, 5.41) is 2.88. The number of halogens is 1. The molecule has 0 spiro atoms. The van der Waals surface area contributed by atoms with E-state index >= 15 is 0 Å². The van der Waals surface area contributed by atoms with E-state index in [1.807, 2.05) is 31.2 Å². The van der Waals surface area contributed by atoms with E-state index in [1.54, 1.807) is 19.2 Å². The zero-order valence-corrected chi connectivity index (χ0v) is 14.0. The van der Waals surface area contributed by atoms with E-state index in [4.69, 9.17) is 4.74 Å². The first-order valence-electron chi connectivity index (χ1n) is 7.33. The molecule has 1 atom stereocenters. The Labute approximate surface area is 140 Å². The number of rotatable bonds is 7. The van der Waals surface area contributed by atoms with Crippen molar-refractivity contribution in [3.05, 3.63) is 65.5 Å². The summed E-state index contributed by atoms with van der Waals surface area (Å²) in [7, 11) is 1.64. The number of amides is 1. The van der Waals surface area contributed by atoms with Crippen LogP contribution in [-0.4, -0.2) is 25.3 Å². The lowest BCUT2D eigenvalue weighted by molar-refractivity contribution is -0.119. The molecule has 122 valence electrons. The van der Waals surface area contributed by atoms with Gasteiger partial charge in [0, 0.05) is 18.6 Å². The van der Waals surface area contributed by atoms with E-state index in [-0.39, 0.29) is 23.6 Å². The van der Waals surface area contributed by atoms with Gasteiger partial charge in [-0.1, -0.05) is 24.3 Å². The molecule has 0 aliphatic carbocycles. The maximum Gasteiger partial charge on any atom is 0.230 e. The molecule has 0 unspecified atom stereocenters. The molecule has 0 aromatic heterocycles. The van der Waals surface area contributed by atoms with E-state index in [2.05, 4.69) is 5.32 Å². The largest absolute Gasteiger partial charge is 0.375 e. The van der Waals surface area contributed by atoms with Gasteiger partial charge in [-0.3, -0.25) is 4.79 Å². The molecule has 1 amide bonds. The van der Waals surface area contributed by atoms with E-state index in [9.17, 15) is 9.18 Å². The van der Waals surface area contributed by atoms with Gasteiger partial charge in [0.15, 0.2) is 0 Å². The highest BCUT2D eigenvalue weighted by molar-refractivity contribution is 8.00. The summed E-state index contributed by atoms with van der Waals surface area (Å²) in [6.45, 7) is 2.44. The minimum absolute atomic E-state index is 0.0741. The first-order valence-corrected chi connectivity index (χ1v) is 8.32. The number of methoxy groups -OCH3 is 1. The Bertz CT molecular complexity index is 646. The van der Waals surface area contributed by atoms with Crippen LogP contribution in [0.1, 0.15) is 17.2 Å². The number of benzene rings is 2. The SMILES string of the molecule is CO[C@H](CNC(=O)CSc1ccc(F)cc1)c1ccccc1C. The molecular weight excluding hydrogens is 313 g/mol. The standard InChI is InChI=1S/C18H20FNO2S/c1-13-5-3-4-6-16(13)17(22-2)11-20-18(21)12-23-15-9-7-14(19)8-10-15/h3-10,17H,11-12H2,1-2H3,(H,20,21)/t17-/m1/s1. The summed E-state index contributed by atoms with van der Waals surface area (Å²) in [6.07, 6.45) is -0.170. The van der Waals surface area contributed by atoms with Crippen molar-refractivity contribution in [2.24, 2.45) is 0 Å². The first-order chi connectivity index (χ1) is 11.1. The van der Waals surface area contributed by atoms with Crippen molar-refractivity contribution >= 4 is 17.7 Å². The first kappa shape index (κ1) is 17.5. The fourth-order valence-electron chi connectivity index (χ4n) is 2.21. The maximum atomic E-state index is 12.8. The average molecular weight is 333 g/mol. The zero-order chi connectivity index (χ0) is 16.7. The minimum Gasteiger partial charge on any atom is -0.375 e. The zero-order valence-electron chi connectivity index (χ0n) is 13.2. The number of nitrogens with one attached hydrogen (secondary N) is 1. The molecule has 0 bridgehead atoms. The molecule has 2 aromatic rings. The fraction of sp³-hybridized carbons (Fsp3) is 0.278. The Hall–Kier alpha value is -1.85. The van der Waals surface area contributed by atoms with Crippen molar-refractivity contribution in [2.75, 3.05) is 19.4 Å². The number of ether oxygens (including phenoxy) is 1. The van der Waals surface area contributed by atoms with Crippen molar-refractivity contribution in [1.29, 1.82) is 0 Å². The van der Waals surface area contributed by atoms with Crippen LogP contribution in [0.3, 0.4) is 0 Å². The number of carbonyl (C=O) groups is 1. The molecule has 5 heteroatoms. The lowest BCUT2D eigenvalue weighted by atomic mass is 10.0. The third kappa shape index (κ3) is 5.37. The number of thioether (sulfide) groups is 1. The van der Waals surface area contributed by atoms with Gasteiger partial charge in [0.1, 0.15) is 5.82 Å². The Kier molecular flexibility index (Phi) is 6.62. The molecular formula is C18H20FNO2S. The van der Waals surface area contributed by atoms with E-state index in [1.165, 1.54) is 23.9 Å². The highest BCUT2D eigenvalue weighted by Crippen LogP contribution is 2.20. The topological polar surface area (TPSA) is 38.3 Å². The molecule has 1 N–H and O–H groups in total. The van der Waals surface area contributed by atoms with Crippen molar-refractivity contribution < 1.29 is 13.9 Å². The molecule has 0 aliphatic heterocycles. The van der Waals surface area contributed by atoms with Crippen LogP contribution in [0.4, 0.5) is 4.39 Å². The van der Waals surface area contributed by atoms with Crippen LogP contribution in [0.25, 0.3) is 0 Å². The monoisotopic (exact) mass is 333 g/mol. The number of aryl methyl sites for hydroxylation is 1. The van der Waals surface area contributed by atoms with Crippen LogP contribution in [0.2, 0.25) is 0 Å². The van der Waals surface area contributed by atoms with Gasteiger partial charge in [0.05, 0.1) is 11.9 Å². The molecule has 0 saturated carbocycles. The second kappa shape index (κ2) is 8.70. The van der Waals surface area contributed by atoms with Gasteiger partial charge in [-0.05, 0) is 42.3 Å². The summed E-state index contributed by atoms with van der Waals surface area (Å²) in [5.41, 5.74) is 2.20. The van der Waals surface area contributed by atoms with Gasteiger partial charge in [-0.15, -0.1) is 11.8 Å². The lowest BCUT2D eigenvalue weighted by Crippen LogP contribution is -2.30. The summed E-state index contributed by atoms with van der Waals surface area (Å²) in [5.74, 6) is -0.0644. The average Bonchev–Trinajstić information content (AvgIpc) is 2.56. The Morgan fingerprint density at radius 1 is 1.22 bits per heavy atom. The molecule has 0 heterocycles. The molecule has 2 rings (SSSR count). The van der Waals surface area contributed by atoms with Crippen LogP contribution in [-0.2, 0) is 9.53 Å².